The summed E-state index contributed by atoms with van der Waals surface area (Å²) in [6.07, 6.45) is 0. The van der Waals surface area contributed by atoms with Crippen LogP contribution in [-0.4, -0.2) is 33.2 Å². The van der Waals surface area contributed by atoms with Crippen LogP contribution < -0.4 is 10.6 Å². The molecule has 0 saturated heterocycles. The Bertz CT molecular complexity index is 836. The summed E-state index contributed by atoms with van der Waals surface area (Å²) in [6, 6.07) is 7.62. The van der Waals surface area contributed by atoms with Crippen LogP contribution in [-0.2, 0) is 24.4 Å². The Morgan fingerprint density at radius 3 is 2.48 bits per heavy atom. The lowest BCUT2D eigenvalue weighted by molar-refractivity contribution is -0.136. The average Bonchev–Trinajstić information content (AvgIpc) is 3.00. The van der Waals surface area contributed by atoms with E-state index in [1.165, 1.54) is 0 Å². The van der Waals surface area contributed by atoms with Crippen LogP contribution in [0.15, 0.2) is 24.3 Å². The first-order valence-corrected chi connectivity index (χ1v) is 9.29. The van der Waals surface area contributed by atoms with Gasteiger partial charge in [0.05, 0.1) is 31.0 Å². The maximum atomic E-state index is 12.2. The highest BCUT2D eigenvalue weighted by Crippen LogP contribution is 2.16. The fourth-order valence-electron chi connectivity index (χ4n) is 3.36. The second-order valence-electron chi connectivity index (χ2n) is 7.45. The van der Waals surface area contributed by atoms with Crippen LogP contribution >= 0.6 is 0 Å². The Labute approximate surface area is 159 Å². The van der Waals surface area contributed by atoms with Crippen molar-refractivity contribution in [2.45, 2.75) is 47.3 Å². The van der Waals surface area contributed by atoms with Gasteiger partial charge in [-0.25, -0.2) is 4.79 Å². The Hall–Kier alpha value is -2.83. The molecule has 1 aliphatic rings. The van der Waals surface area contributed by atoms with Crippen molar-refractivity contribution in [1.29, 1.82) is 0 Å². The van der Waals surface area contributed by atoms with Gasteiger partial charge in [0, 0.05) is 18.2 Å². The van der Waals surface area contributed by atoms with Crippen molar-refractivity contribution in [1.82, 2.24) is 20.0 Å². The van der Waals surface area contributed by atoms with Gasteiger partial charge in [-0.15, -0.1) is 0 Å². The molecule has 3 rings (SSSR count). The van der Waals surface area contributed by atoms with Gasteiger partial charge in [-0.05, 0) is 43.2 Å². The normalized spacial score (nSPS) is 13.4. The molecule has 144 valence electrons. The smallest absolute Gasteiger partial charge is 0.319 e. The third kappa shape index (κ3) is 4.67. The fraction of sp³-hybridized carbons (Fsp3) is 0.450. The maximum Gasteiger partial charge on any atom is 0.319 e. The third-order valence-electron chi connectivity index (χ3n) is 4.56. The molecule has 2 aromatic rings. The molecule has 7 heteroatoms. The molecule has 1 aromatic carbocycles. The topological polar surface area (TPSA) is 79.3 Å². The van der Waals surface area contributed by atoms with E-state index in [0.29, 0.717) is 26.2 Å². The van der Waals surface area contributed by atoms with E-state index < -0.39 is 0 Å². The number of urea groups is 1. The summed E-state index contributed by atoms with van der Waals surface area (Å²) >= 11 is 0. The molecular weight excluding hydrogens is 342 g/mol. The lowest BCUT2D eigenvalue weighted by atomic mass is 10.1. The molecule has 0 bridgehead atoms. The number of carbonyl (C=O) groups excluding carboxylic acids is 2. The van der Waals surface area contributed by atoms with Crippen LogP contribution in [0.2, 0.25) is 0 Å². The summed E-state index contributed by atoms with van der Waals surface area (Å²) in [5, 5.41) is 10.2. The summed E-state index contributed by atoms with van der Waals surface area (Å²) < 4.78 is 1.92. The SMILES string of the molecule is Cc1cc(C)cc(NC(=O)NCc2cc3n(n2)CCN(C(=O)C(C)C)C3)c1. The maximum absolute atomic E-state index is 12.2. The number of nitrogens with zero attached hydrogens (tertiary/aromatic N) is 3. The Morgan fingerprint density at radius 1 is 1.11 bits per heavy atom. The summed E-state index contributed by atoms with van der Waals surface area (Å²) in [4.78, 5) is 26.2. The van der Waals surface area contributed by atoms with Crippen molar-refractivity contribution in [3.05, 3.63) is 46.8 Å². The zero-order chi connectivity index (χ0) is 19.6. The van der Waals surface area contributed by atoms with Crippen molar-refractivity contribution in [3.8, 4) is 0 Å². The first-order chi connectivity index (χ1) is 12.8. The van der Waals surface area contributed by atoms with E-state index in [2.05, 4.69) is 21.8 Å². The fourth-order valence-corrected chi connectivity index (χ4v) is 3.36. The number of carbonyl (C=O) groups is 2. The monoisotopic (exact) mass is 369 g/mol. The molecule has 0 unspecified atom stereocenters. The summed E-state index contributed by atoms with van der Waals surface area (Å²) in [5.74, 6) is 0.157. The quantitative estimate of drug-likeness (QED) is 0.870. The molecule has 0 atom stereocenters. The lowest BCUT2D eigenvalue weighted by Crippen LogP contribution is -2.40. The van der Waals surface area contributed by atoms with Crippen LogP contribution in [0.5, 0.6) is 0 Å². The minimum atomic E-state index is -0.261. The van der Waals surface area contributed by atoms with Crippen molar-refractivity contribution in [3.63, 3.8) is 0 Å². The van der Waals surface area contributed by atoms with Gasteiger partial charge in [0.1, 0.15) is 0 Å². The third-order valence-corrected chi connectivity index (χ3v) is 4.56. The predicted octanol–water partition coefficient (Wildman–Crippen LogP) is 2.82. The van der Waals surface area contributed by atoms with Gasteiger partial charge in [-0.1, -0.05) is 19.9 Å². The number of aromatic nitrogens is 2. The summed E-state index contributed by atoms with van der Waals surface area (Å²) in [6.45, 7) is 10.1. The number of aryl methyl sites for hydroxylation is 2. The molecule has 0 saturated carbocycles. The first-order valence-electron chi connectivity index (χ1n) is 9.29. The molecule has 7 nitrogen and oxygen atoms in total. The van der Waals surface area contributed by atoms with Gasteiger partial charge in [0.15, 0.2) is 0 Å². The van der Waals surface area contributed by atoms with E-state index in [9.17, 15) is 9.59 Å². The number of amides is 3. The minimum Gasteiger partial charge on any atom is -0.335 e. The number of benzene rings is 1. The number of anilines is 1. The van der Waals surface area contributed by atoms with E-state index in [4.69, 9.17) is 0 Å². The van der Waals surface area contributed by atoms with Crippen molar-refractivity contribution >= 4 is 17.6 Å². The van der Waals surface area contributed by atoms with Crippen molar-refractivity contribution in [2.75, 3.05) is 11.9 Å². The van der Waals surface area contributed by atoms with Crippen LogP contribution in [0.25, 0.3) is 0 Å². The van der Waals surface area contributed by atoms with E-state index >= 15 is 0 Å². The van der Waals surface area contributed by atoms with Gasteiger partial charge in [-0.2, -0.15) is 5.10 Å². The van der Waals surface area contributed by atoms with E-state index in [1.807, 2.05) is 55.5 Å². The Morgan fingerprint density at radius 2 is 1.81 bits per heavy atom. The molecule has 1 aromatic heterocycles. The molecular formula is C20H27N5O2. The van der Waals surface area contributed by atoms with Gasteiger partial charge in [-0.3, -0.25) is 9.48 Å². The zero-order valence-electron chi connectivity index (χ0n) is 16.4. The van der Waals surface area contributed by atoms with Gasteiger partial charge in [0.2, 0.25) is 5.91 Å². The second kappa shape index (κ2) is 7.82. The largest absolute Gasteiger partial charge is 0.335 e. The van der Waals surface area contributed by atoms with Gasteiger partial charge >= 0.3 is 6.03 Å². The van der Waals surface area contributed by atoms with Crippen LogP contribution in [0.1, 0.15) is 36.4 Å². The van der Waals surface area contributed by atoms with Crippen LogP contribution in [0, 0.1) is 19.8 Å². The average molecular weight is 369 g/mol. The Kier molecular flexibility index (Phi) is 5.48. The molecule has 2 N–H and O–H groups in total. The molecule has 2 heterocycles. The van der Waals surface area contributed by atoms with Crippen LogP contribution in [0.4, 0.5) is 10.5 Å². The van der Waals surface area contributed by atoms with E-state index in [-0.39, 0.29) is 17.9 Å². The number of nitrogens with one attached hydrogen (secondary N) is 2. The second-order valence-corrected chi connectivity index (χ2v) is 7.45. The molecule has 0 radical (unpaired) electrons. The number of rotatable bonds is 4. The van der Waals surface area contributed by atoms with Crippen molar-refractivity contribution < 1.29 is 9.59 Å². The van der Waals surface area contributed by atoms with Gasteiger partial charge < -0.3 is 15.5 Å². The molecule has 0 spiro atoms. The predicted molar refractivity (Wildman–Crippen MR) is 104 cm³/mol. The van der Waals surface area contributed by atoms with E-state index in [0.717, 1.165) is 28.2 Å². The highest BCUT2D eigenvalue weighted by molar-refractivity contribution is 5.89. The molecule has 27 heavy (non-hydrogen) atoms. The Balaban J connectivity index is 1.57. The molecule has 0 fully saturated rings. The van der Waals surface area contributed by atoms with E-state index in [1.54, 1.807) is 0 Å². The first kappa shape index (κ1) is 18.9. The summed E-state index contributed by atoms with van der Waals surface area (Å²) in [5.41, 5.74) is 4.78. The molecule has 0 aliphatic carbocycles. The molecule has 3 amide bonds. The standard InChI is InChI=1S/C20H27N5O2/c1-13(2)19(26)24-5-6-25-18(12-24)10-17(23-25)11-21-20(27)22-16-8-14(3)7-15(4)9-16/h7-10,13H,5-6,11-12H2,1-4H3,(H2,21,22,27). The number of hydrogen-bond acceptors (Lipinski definition) is 3. The summed E-state index contributed by atoms with van der Waals surface area (Å²) in [7, 11) is 0. The zero-order valence-corrected chi connectivity index (χ0v) is 16.4. The highest BCUT2D eigenvalue weighted by Gasteiger charge is 2.23. The lowest BCUT2D eigenvalue weighted by Gasteiger charge is -2.29. The van der Waals surface area contributed by atoms with Crippen molar-refractivity contribution in [2.24, 2.45) is 5.92 Å². The minimum absolute atomic E-state index is 0.00503. The number of fused-ring (bicyclic) bond motifs is 1. The number of hydrogen-bond donors (Lipinski definition) is 2. The highest BCUT2D eigenvalue weighted by atomic mass is 16.2. The molecule has 1 aliphatic heterocycles. The van der Waals surface area contributed by atoms with Gasteiger partial charge in [0.25, 0.3) is 0 Å². The van der Waals surface area contributed by atoms with Crippen LogP contribution in [0.3, 0.4) is 0 Å².